The van der Waals surface area contributed by atoms with Gasteiger partial charge in [0.15, 0.2) is 5.82 Å². The van der Waals surface area contributed by atoms with E-state index in [-0.39, 0.29) is 11.8 Å². The van der Waals surface area contributed by atoms with Crippen LogP contribution in [0.4, 0.5) is 5.82 Å². The number of H-pyrrole nitrogens is 1. The number of aromatic amines is 1. The Bertz CT molecular complexity index is 1020. The summed E-state index contributed by atoms with van der Waals surface area (Å²) in [4.78, 5) is 26.6. The molecule has 0 fully saturated rings. The van der Waals surface area contributed by atoms with E-state index in [1.54, 1.807) is 18.6 Å². The summed E-state index contributed by atoms with van der Waals surface area (Å²) in [6, 6.07) is 6.65. The van der Waals surface area contributed by atoms with Crippen LogP contribution >= 0.6 is 0 Å². The average Bonchev–Trinajstić information content (AvgIpc) is 3.08. The van der Waals surface area contributed by atoms with E-state index < -0.39 is 0 Å². The highest BCUT2D eigenvalue weighted by atomic mass is 16.2. The van der Waals surface area contributed by atoms with Crippen molar-refractivity contribution < 1.29 is 4.79 Å². The standard InChI is InChI=1S/C20H19N5O/c1-25-11-13(20(26)24-18-10-21-5-6-22-18)7-15-14-3-2-4-16-19(14)12(9-23-16)8-17(15)25/h2-7,9-10,13,17,23H,8,11H2,1H3,(H,22,24,26)/t13-,17-/m1/s1. The number of likely N-dealkylation sites (N-methyl/N-ethyl adjacent to an activating group) is 1. The number of rotatable bonds is 2. The fourth-order valence-corrected chi connectivity index (χ4v) is 4.20. The Morgan fingerprint density at radius 3 is 3.12 bits per heavy atom. The Balaban J connectivity index is 1.53. The number of aromatic nitrogens is 3. The molecular weight excluding hydrogens is 326 g/mol. The Labute approximate surface area is 151 Å². The number of fused-ring (bicyclic) bond motifs is 2. The second-order valence-electron chi connectivity index (χ2n) is 7.01. The van der Waals surface area contributed by atoms with Crippen molar-refractivity contribution >= 4 is 28.2 Å². The molecule has 2 aliphatic rings. The van der Waals surface area contributed by atoms with Crippen molar-refractivity contribution in [3.8, 4) is 0 Å². The smallest absolute Gasteiger partial charge is 0.233 e. The third-order valence-corrected chi connectivity index (χ3v) is 5.42. The lowest BCUT2D eigenvalue weighted by Crippen LogP contribution is -2.45. The Hall–Kier alpha value is -2.99. The predicted molar refractivity (Wildman–Crippen MR) is 101 cm³/mol. The molecule has 0 spiro atoms. The molecule has 0 radical (unpaired) electrons. The Morgan fingerprint density at radius 1 is 1.35 bits per heavy atom. The van der Waals surface area contributed by atoms with Crippen molar-refractivity contribution in [1.29, 1.82) is 0 Å². The molecule has 0 bridgehead atoms. The SMILES string of the molecule is CN1C[C@H](C(=O)Nc2cnccn2)C=C2c3cccc4[nH]cc(c34)C[C@H]21. The number of amides is 1. The zero-order valence-corrected chi connectivity index (χ0v) is 14.4. The first-order valence-electron chi connectivity index (χ1n) is 8.79. The van der Waals surface area contributed by atoms with Gasteiger partial charge in [-0.3, -0.25) is 14.7 Å². The number of carbonyl (C=O) groups is 1. The molecule has 2 N–H and O–H groups in total. The molecule has 26 heavy (non-hydrogen) atoms. The molecule has 2 aromatic heterocycles. The van der Waals surface area contributed by atoms with Crippen LogP contribution in [-0.4, -0.2) is 45.4 Å². The summed E-state index contributed by atoms with van der Waals surface area (Å²) in [7, 11) is 2.10. The highest BCUT2D eigenvalue weighted by Gasteiger charge is 2.35. The Morgan fingerprint density at radius 2 is 2.27 bits per heavy atom. The molecule has 0 saturated heterocycles. The predicted octanol–water partition coefficient (Wildman–Crippen LogP) is 2.47. The van der Waals surface area contributed by atoms with Crippen LogP contribution in [0.1, 0.15) is 11.1 Å². The van der Waals surface area contributed by atoms with Gasteiger partial charge in [-0.1, -0.05) is 18.2 Å². The van der Waals surface area contributed by atoms with Crippen molar-refractivity contribution in [2.24, 2.45) is 5.92 Å². The minimum Gasteiger partial charge on any atom is -0.361 e. The van der Waals surface area contributed by atoms with Gasteiger partial charge in [0.05, 0.1) is 12.1 Å². The van der Waals surface area contributed by atoms with Crippen LogP contribution < -0.4 is 5.32 Å². The number of benzene rings is 1. The van der Waals surface area contributed by atoms with Crippen molar-refractivity contribution in [3.05, 3.63) is 60.2 Å². The lowest BCUT2D eigenvalue weighted by molar-refractivity contribution is -0.119. The molecule has 6 nitrogen and oxygen atoms in total. The number of hydrogen-bond donors (Lipinski definition) is 2. The summed E-state index contributed by atoms with van der Waals surface area (Å²) in [5.74, 6) is 0.221. The molecule has 1 aromatic carbocycles. The second kappa shape index (κ2) is 5.78. The average molecular weight is 345 g/mol. The van der Waals surface area contributed by atoms with Gasteiger partial charge in [0.1, 0.15) is 0 Å². The first kappa shape index (κ1) is 15.3. The molecule has 0 saturated carbocycles. The molecule has 1 amide bonds. The summed E-state index contributed by atoms with van der Waals surface area (Å²) in [6.07, 6.45) is 9.96. The maximum absolute atomic E-state index is 12.8. The van der Waals surface area contributed by atoms with Crippen LogP contribution in [0.3, 0.4) is 0 Å². The van der Waals surface area contributed by atoms with Gasteiger partial charge in [-0.05, 0) is 36.2 Å². The largest absolute Gasteiger partial charge is 0.361 e. The summed E-state index contributed by atoms with van der Waals surface area (Å²) in [5.41, 5.74) is 4.99. The fraction of sp³-hybridized carbons (Fsp3) is 0.250. The first-order valence-corrected chi connectivity index (χ1v) is 8.79. The molecule has 2 atom stereocenters. The van der Waals surface area contributed by atoms with Crippen LogP contribution in [0.15, 0.2) is 49.1 Å². The number of hydrogen-bond acceptors (Lipinski definition) is 4. The van der Waals surface area contributed by atoms with Gasteiger partial charge in [0, 0.05) is 42.1 Å². The van der Waals surface area contributed by atoms with Crippen LogP contribution in [-0.2, 0) is 11.2 Å². The van der Waals surface area contributed by atoms with E-state index in [0.717, 1.165) is 11.9 Å². The molecule has 130 valence electrons. The van der Waals surface area contributed by atoms with Crippen LogP contribution in [0.5, 0.6) is 0 Å². The van der Waals surface area contributed by atoms with Gasteiger partial charge in [-0.2, -0.15) is 0 Å². The van der Waals surface area contributed by atoms with Crippen LogP contribution in [0.25, 0.3) is 16.5 Å². The number of nitrogens with zero attached hydrogens (tertiary/aromatic N) is 3. The molecule has 3 aromatic rings. The lowest BCUT2D eigenvalue weighted by atomic mass is 9.80. The fourth-order valence-electron chi connectivity index (χ4n) is 4.20. The van der Waals surface area contributed by atoms with Gasteiger partial charge >= 0.3 is 0 Å². The topological polar surface area (TPSA) is 73.9 Å². The van der Waals surface area contributed by atoms with Gasteiger partial charge in [-0.15, -0.1) is 0 Å². The summed E-state index contributed by atoms with van der Waals surface area (Å²) >= 11 is 0. The van der Waals surface area contributed by atoms with Gasteiger partial charge in [0.25, 0.3) is 0 Å². The minimum absolute atomic E-state index is 0.0460. The van der Waals surface area contributed by atoms with E-state index in [9.17, 15) is 4.79 Å². The molecule has 1 aliphatic heterocycles. The molecule has 1 aliphatic carbocycles. The number of carbonyl (C=O) groups excluding carboxylic acids is 1. The number of anilines is 1. The van der Waals surface area contributed by atoms with E-state index >= 15 is 0 Å². The maximum Gasteiger partial charge on any atom is 0.233 e. The molecule has 5 rings (SSSR count). The molecule has 0 unspecified atom stereocenters. The summed E-state index contributed by atoms with van der Waals surface area (Å²) < 4.78 is 0. The van der Waals surface area contributed by atoms with E-state index in [1.165, 1.54) is 22.1 Å². The third-order valence-electron chi connectivity index (χ3n) is 5.42. The Kier molecular flexibility index (Phi) is 3.39. The van der Waals surface area contributed by atoms with Crippen molar-refractivity contribution in [1.82, 2.24) is 19.9 Å². The molecular formula is C20H19N5O. The van der Waals surface area contributed by atoms with E-state index in [4.69, 9.17) is 0 Å². The monoisotopic (exact) mass is 345 g/mol. The van der Waals surface area contributed by atoms with Crippen molar-refractivity contribution in [2.45, 2.75) is 12.5 Å². The number of nitrogens with one attached hydrogen (secondary N) is 2. The highest BCUT2D eigenvalue weighted by Crippen LogP contribution is 2.40. The minimum atomic E-state index is -0.219. The normalized spacial score (nSPS) is 22.0. The van der Waals surface area contributed by atoms with E-state index in [0.29, 0.717) is 18.4 Å². The van der Waals surface area contributed by atoms with Crippen LogP contribution in [0.2, 0.25) is 0 Å². The summed E-state index contributed by atoms with van der Waals surface area (Å²) in [5, 5.41) is 4.17. The maximum atomic E-state index is 12.8. The second-order valence-corrected chi connectivity index (χ2v) is 7.01. The summed E-state index contributed by atoms with van der Waals surface area (Å²) in [6.45, 7) is 0.690. The molecule has 3 heterocycles. The quantitative estimate of drug-likeness (QED) is 0.748. The van der Waals surface area contributed by atoms with E-state index in [1.807, 2.05) is 0 Å². The van der Waals surface area contributed by atoms with Crippen molar-refractivity contribution in [3.63, 3.8) is 0 Å². The lowest BCUT2D eigenvalue weighted by Gasteiger charge is -2.39. The van der Waals surface area contributed by atoms with Crippen LogP contribution in [0, 0.1) is 5.92 Å². The third kappa shape index (κ3) is 2.34. The molecule has 6 heteroatoms. The zero-order valence-electron chi connectivity index (χ0n) is 14.4. The van der Waals surface area contributed by atoms with Gasteiger partial charge in [0.2, 0.25) is 5.91 Å². The highest BCUT2D eigenvalue weighted by molar-refractivity contribution is 6.00. The first-order chi connectivity index (χ1) is 12.7. The van der Waals surface area contributed by atoms with Crippen molar-refractivity contribution in [2.75, 3.05) is 18.9 Å². The zero-order chi connectivity index (χ0) is 17.7. The van der Waals surface area contributed by atoms with Gasteiger partial charge < -0.3 is 10.3 Å². The van der Waals surface area contributed by atoms with E-state index in [2.05, 4.69) is 62.7 Å². The van der Waals surface area contributed by atoms with Gasteiger partial charge in [-0.25, -0.2) is 4.98 Å².